The van der Waals surface area contributed by atoms with Crippen LogP contribution in [0.5, 0.6) is 0 Å². The summed E-state index contributed by atoms with van der Waals surface area (Å²) >= 11 is 4.76. The van der Waals surface area contributed by atoms with Gasteiger partial charge in [0, 0.05) is 26.2 Å². The van der Waals surface area contributed by atoms with E-state index >= 15 is 0 Å². The van der Waals surface area contributed by atoms with Crippen molar-refractivity contribution in [1.82, 2.24) is 4.72 Å². The molecule has 1 unspecified atom stereocenters. The smallest absolute Gasteiger partial charge is 0.211 e. The van der Waals surface area contributed by atoms with Crippen LogP contribution in [-0.4, -0.2) is 38.9 Å². The number of nitrogens with one attached hydrogen (secondary N) is 1. The van der Waals surface area contributed by atoms with Crippen molar-refractivity contribution in [3.8, 4) is 0 Å². The highest BCUT2D eigenvalue weighted by atomic mass is 32.2. The van der Waals surface area contributed by atoms with Crippen LogP contribution in [0.2, 0.25) is 0 Å². The summed E-state index contributed by atoms with van der Waals surface area (Å²) in [5, 5.41) is 0. The molecule has 0 saturated carbocycles. The van der Waals surface area contributed by atoms with Crippen molar-refractivity contribution in [2.75, 3.05) is 19.5 Å². The van der Waals surface area contributed by atoms with E-state index in [9.17, 15) is 8.42 Å². The first-order valence-corrected chi connectivity index (χ1v) is 7.24. The molecule has 16 heavy (non-hydrogen) atoms. The lowest BCUT2D eigenvalue weighted by molar-refractivity contribution is 0.199. The van der Waals surface area contributed by atoms with Gasteiger partial charge in [-0.3, -0.25) is 0 Å². The molecule has 0 aromatic carbocycles. The fourth-order valence-electron chi connectivity index (χ4n) is 1.22. The van der Waals surface area contributed by atoms with Gasteiger partial charge in [0.2, 0.25) is 10.0 Å². The second-order valence-corrected chi connectivity index (χ2v) is 5.96. The molecule has 0 aliphatic heterocycles. The Labute approximate surface area is 103 Å². The topological polar surface area (TPSA) is 81.4 Å². The normalized spacial score (nSPS) is 13.6. The highest BCUT2D eigenvalue weighted by Crippen LogP contribution is 2.01. The molecule has 96 valence electrons. The molecule has 0 spiro atoms. The number of nitrogens with two attached hydrogens (primary N) is 1. The van der Waals surface area contributed by atoms with Crippen LogP contribution in [-0.2, 0) is 14.8 Å². The largest absolute Gasteiger partial charge is 0.393 e. The van der Waals surface area contributed by atoms with E-state index in [1.165, 1.54) is 0 Å². The summed E-state index contributed by atoms with van der Waals surface area (Å²) in [4.78, 5) is 0.325. The van der Waals surface area contributed by atoms with Crippen LogP contribution in [0.3, 0.4) is 0 Å². The maximum Gasteiger partial charge on any atom is 0.211 e. The molecule has 0 radical (unpaired) electrons. The Morgan fingerprint density at radius 1 is 1.56 bits per heavy atom. The molecule has 1 atom stereocenters. The maximum atomic E-state index is 11.6. The molecule has 3 N–H and O–H groups in total. The average Bonchev–Trinajstić information content (AvgIpc) is 2.15. The van der Waals surface area contributed by atoms with Gasteiger partial charge in [-0.25, -0.2) is 13.1 Å². The lowest BCUT2D eigenvalue weighted by Crippen LogP contribution is -2.38. The number of ether oxygens (including phenoxy) is 1. The van der Waals surface area contributed by atoms with Crippen molar-refractivity contribution in [3.63, 3.8) is 0 Å². The van der Waals surface area contributed by atoms with E-state index in [-0.39, 0.29) is 11.8 Å². The Hall–Kier alpha value is -0.240. The first-order valence-electron chi connectivity index (χ1n) is 5.18. The van der Waals surface area contributed by atoms with Gasteiger partial charge in [0.1, 0.15) is 0 Å². The monoisotopic (exact) mass is 268 g/mol. The van der Waals surface area contributed by atoms with Crippen LogP contribution in [0.4, 0.5) is 0 Å². The summed E-state index contributed by atoms with van der Waals surface area (Å²) in [5.74, 6) is 0.0642. The summed E-state index contributed by atoms with van der Waals surface area (Å²) in [6.45, 7) is 2.33. The Morgan fingerprint density at radius 2 is 2.19 bits per heavy atom. The number of hydrogen-bond acceptors (Lipinski definition) is 4. The lowest BCUT2D eigenvalue weighted by atomic mass is 10.2. The van der Waals surface area contributed by atoms with Gasteiger partial charge in [0.25, 0.3) is 0 Å². The molecule has 7 heteroatoms. The number of hydrogen-bond donors (Lipinski definition) is 2. The SMILES string of the molecule is CCC(CC(N)=S)NS(=O)(=O)CCCOC. The third-order valence-electron chi connectivity index (χ3n) is 2.05. The lowest BCUT2D eigenvalue weighted by Gasteiger charge is -2.16. The molecule has 0 amide bonds. The molecule has 0 rings (SSSR count). The quantitative estimate of drug-likeness (QED) is 0.467. The minimum absolute atomic E-state index is 0.0642. The van der Waals surface area contributed by atoms with Crippen molar-refractivity contribution in [2.24, 2.45) is 5.73 Å². The molecule has 0 heterocycles. The minimum atomic E-state index is -3.26. The molecule has 0 aliphatic rings. The van der Waals surface area contributed by atoms with E-state index < -0.39 is 10.0 Å². The van der Waals surface area contributed by atoms with Crippen LogP contribution in [0.15, 0.2) is 0 Å². The summed E-state index contributed by atoms with van der Waals surface area (Å²) < 4.78 is 30.6. The zero-order valence-electron chi connectivity index (χ0n) is 9.73. The van der Waals surface area contributed by atoms with Crippen molar-refractivity contribution in [1.29, 1.82) is 0 Å². The van der Waals surface area contributed by atoms with Gasteiger partial charge < -0.3 is 10.5 Å². The second-order valence-electron chi connectivity index (χ2n) is 3.56. The molecule has 0 aromatic rings. The first-order chi connectivity index (χ1) is 7.41. The van der Waals surface area contributed by atoms with Gasteiger partial charge in [0.15, 0.2) is 0 Å². The van der Waals surface area contributed by atoms with E-state index in [0.717, 1.165) is 0 Å². The van der Waals surface area contributed by atoms with E-state index in [1.807, 2.05) is 6.92 Å². The van der Waals surface area contributed by atoms with Gasteiger partial charge in [0.05, 0.1) is 10.7 Å². The van der Waals surface area contributed by atoms with Gasteiger partial charge in [-0.1, -0.05) is 19.1 Å². The number of sulfonamides is 1. The number of methoxy groups -OCH3 is 1. The molecule has 0 aliphatic carbocycles. The zero-order chi connectivity index (χ0) is 12.6. The highest BCUT2D eigenvalue weighted by Gasteiger charge is 2.16. The van der Waals surface area contributed by atoms with E-state index in [1.54, 1.807) is 7.11 Å². The Balaban J connectivity index is 4.15. The average molecular weight is 268 g/mol. The molecule has 0 bridgehead atoms. The molecular weight excluding hydrogens is 248 g/mol. The standard InChI is InChI=1S/C9H20N2O3S2/c1-3-8(7-9(10)15)11-16(12,13)6-4-5-14-2/h8,11H,3-7H2,1-2H3,(H2,10,15). The van der Waals surface area contributed by atoms with Crippen molar-refractivity contribution in [2.45, 2.75) is 32.2 Å². The van der Waals surface area contributed by atoms with Crippen LogP contribution in [0.1, 0.15) is 26.2 Å². The van der Waals surface area contributed by atoms with Gasteiger partial charge in [-0.15, -0.1) is 0 Å². The number of thiocarbonyl (C=S) groups is 1. The van der Waals surface area contributed by atoms with Gasteiger partial charge in [-0.05, 0) is 12.8 Å². The number of rotatable bonds is 9. The third kappa shape index (κ3) is 7.98. The van der Waals surface area contributed by atoms with E-state index in [0.29, 0.717) is 30.9 Å². The zero-order valence-corrected chi connectivity index (χ0v) is 11.4. The summed E-state index contributed by atoms with van der Waals surface area (Å²) in [5.41, 5.74) is 5.39. The molecule has 0 aromatic heterocycles. The summed E-state index contributed by atoms with van der Waals surface area (Å²) in [7, 11) is -1.71. The van der Waals surface area contributed by atoms with E-state index in [2.05, 4.69) is 4.72 Å². The predicted octanol–water partition coefficient (Wildman–Crippen LogP) is 0.397. The molecule has 0 fully saturated rings. The van der Waals surface area contributed by atoms with Crippen LogP contribution >= 0.6 is 12.2 Å². The van der Waals surface area contributed by atoms with Crippen LogP contribution in [0, 0.1) is 0 Å². The molecule has 5 nitrogen and oxygen atoms in total. The third-order valence-corrected chi connectivity index (χ3v) is 3.73. The minimum Gasteiger partial charge on any atom is -0.393 e. The van der Waals surface area contributed by atoms with Crippen molar-refractivity contribution in [3.05, 3.63) is 0 Å². The summed E-state index contributed by atoms with van der Waals surface area (Å²) in [6, 6.07) is -0.204. The van der Waals surface area contributed by atoms with Crippen molar-refractivity contribution >= 4 is 27.2 Å². The van der Waals surface area contributed by atoms with E-state index in [4.69, 9.17) is 22.7 Å². The first kappa shape index (κ1) is 15.8. The van der Waals surface area contributed by atoms with Gasteiger partial charge >= 0.3 is 0 Å². The van der Waals surface area contributed by atoms with Crippen LogP contribution in [0.25, 0.3) is 0 Å². The Morgan fingerprint density at radius 3 is 2.62 bits per heavy atom. The highest BCUT2D eigenvalue weighted by molar-refractivity contribution is 7.89. The maximum absolute atomic E-state index is 11.6. The Bertz CT molecular complexity index is 304. The van der Waals surface area contributed by atoms with Gasteiger partial charge in [-0.2, -0.15) is 0 Å². The fourth-order valence-corrected chi connectivity index (χ4v) is 2.79. The fraction of sp³-hybridized carbons (Fsp3) is 0.889. The predicted molar refractivity (Wildman–Crippen MR) is 68.9 cm³/mol. The Kier molecular flexibility index (Phi) is 7.82. The molecular formula is C9H20N2O3S2. The second kappa shape index (κ2) is 7.94. The molecule has 0 saturated heterocycles. The summed E-state index contributed by atoms with van der Waals surface area (Å²) in [6.07, 6.45) is 1.55. The van der Waals surface area contributed by atoms with Crippen LogP contribution < -0.4 is 10.5 Å². The van der Waals surface area contributed by atoms with Crippen molar-refractivity contribution < 1.29 is 13.2 Å².